The molecular weight excluding hydrogens is 446 g/mol. The van der Waals surface area contributed by atoms with E-state index in [1.54, 1.807) is 32.2 Å². The van der Waals surface area contributed by atoms with Gasteiger partial charge >= 0.3 is 12.1 Å². The van der Waals surface area contributed by atoms with Gasteiger partial charge in [-0.3, -0.25) is 0 Å². The average Bonchev–Trinajstić information content (AvgIpc) is 3.45. The number of amides is 1. The Bertz CT molecular complexity index is 1350. The summed E-state index contributed by atoms with van der Waals surface area (Å²) in [7, 11) is 0. The summed E-state index contributed by atoms with van der Waals surface area (Å²) in [6.07, 6.45) is 1.46. The number of nitrogens with one attached hydrogen (secondary N) is 1. The van der Waals surface area contributed by atoms with Crippen LogP contribution < -0.4 is 10.2 Å². The van der Waals surface area contributed by atoms with Crippen molar-refractivity contribution in [2.24, 2.45) is 0 Å². The summed E-state index contributed by atoms with van der Waals surface area (Å²) >= 11 is 0. The fraction of sp³-hybridized carbons (Fsp3) is 0.269. The average molecular weight is 472 g/mol. The number of benzene rings is 2. The highest BCUT2D eigenvalue weighted by Crippen LogP contribution is 2.44. The molecule has 1 N–H and O–H groups in total. The number of fused-ring (bicyclic) bond motifs is 4. The Morgan fingerprint density at radius 3 is 2.29 bits per heavy atom. The van der Waals surface area contributed by atoms with Crippen molar-refractivity contribution >= 4 is 23.2 Å². The lowest BCUT2D eigenvalue weighted by molar-refractivity contribution is -0.153. The van der Waals surface area contributed by atoms with Crippen molar-refractivity contribution in [1.29, 1.82) is 0 Å². The number of pyridine rings is 1. The predicted molar refractivity (Wildman–Crippen MR) is 128 cm³/mol. The number of alkyl carbamates (subject to hydrolysis) is 1. The van der Waals surface area contributed by atoms with Crippen molar-refractivity contribution in [3.8, 4) is 11.1 Å². The molecule has 0 spiro atoms. The number of hydrogen-bond acceptors (Lipinski definition) is 7. The van der Waals surface area contributed by atoms with Gasteiger partial charge in [-0.25, -0.2) is 14.6 Å². The first-order valence-corrected chi connectivity index (χ1v) is 11.6. The second kappa shape index (κ2) is 9.17. The lowest BCUT2D eigenvalue weighted by Gasteiger charge is -2.29. The molecule has 1 amide bonds. The second-order valence-corrected chi connectivity index (χ2v) is 8.43. The highest BCUT2D eigenvalue weighted by Gasteiger charge is 2.40. The van der Waals surface area contributed by atoms with Crippen molar-refractivity contribution in [2.45, 2.75) is 38.1 Å². The molecule has 0 saturated heterocycles. The van der Waals surface area contributed by atoms with E-state index in [9.17, 15) is 9.59 Å². The van der Waals surface area contributed by atoms with Crippen LogP contribution in [0.1, 0.15) is 43.7 Å². The fourth-order valence-electron chi connectivity index (χ4n) is 4.57. The molecule has 0 saturated carbocycles. The van der Waals surface area contributed by atoms with Crippen molar-refractivity contribution in [3.05, 3.63) is 78.0 Å². The minimum Gasteiger partial charge on any atom is -0.449 e. The SMILES string of the molecule is CCC(CC)(NC(=O)OCC1c2ccccc2-c2ccccc21)C(=O)On1nnc2cccnc21. The van der Waals surface area contributed by atoms with Gasteiger partial charge in [0.05, 0.1) is 0 Å². The second-order valence-electron chi connectivity index (χ2n) is 8.43. The van der Waals surface area contributed by atoms with Crippen LogP contribution in [0.25, 0.3) is 22.3 Å². The Morgan fingerprint density at radius 2 is 1.63 bits per heavy atom. The number of nitrogens with zero attached hydrogens (tertiary/aromatic N) is 4. The van der Waals surface area contributed by atoms with Crippen LogP contribution in [0.5, 0.6) is 0 Å². The van der Waals surface area contributed by atoms with E-state index in [0.29, 0.717) is 24.0 Å². The van der Waals surface area contributed by atoms with Gasteiger partial charge in [0.1, 0.15) is 17.7 Å². The molecule has 0 aliphatic heterocycles. The third-order valence-corrected chi connectivity index (χ3v) is 6.63. The van der Waals surface area contributed by atoms with Gasteiger partial charge in [-0.05, 0) is 57.3 Å². The topological polar surface area (TPSA) is 108 Å². The molecule has 9 nitrogen and oxygen atoms in total. The van der Waals surface area contributed by atoms with Crippen molar-refractivity contribution < 1.29 is 19.2 Å². The lowest BCUT2D eigenvalue weighted by Crippen LogP contribution is -2.57. The van der Waals surface area contributed by atoms with E-state index in [1.807, 2.05) is 24.3 Å². The van der Waals surface area contributed by atoms with Crippen LogP contribution in [0.2, 0.25) is 0 Å². The Morgan fingerprint density at radius 1 is 0.971 bits per heavy atom. The summed E-state index contributed by atoms with van der Waals surface area (Å²) in [5.41, 5.74) is 4.02. The van der Waals surface area contributed by atoms with E-state index in [4.69, 9.17) is 9.57 Å². The first-order valence-electron chi connectivity index (χ1n) is 11.6. The van der Waals surface area contributed by atoms with Crippen molar-refractivity contribution in [2.75, 3.05) is 6.61 Å². The van der Waals surface area contributed by atoms with Crippen LogP contribution in [0.3, 0.4) is 0 Å². The zero-order valence-corrected chi connectivity index (χ0v) is 19.5. The minimum absolute atomic E-state index is 0.0784. The summed E-state index contributed by atoms with van der Waals surface area (Å²) in [6.45, 7) is 3.74. The van der Waals surface area contributed by atoms with E-state index >= 15 is 0 Å². The van der Waals surface area contributed by atoms with Crippen LogP contribution in [0.4, 0.5) is 4.79 Å². The molecule has 2 aromatic carbocycles. The number of carbonyl (C=O) groups excluding carboxylic acids is 2. The molecule has 0 radical (unpaired) electrons. The Balaban J connectivity index is 1.30. The maximum Gasteiger partial charge on any atom is 0.408 e. The highest BCUT2D eigenvalue weighted by molar-refractivity contribution is 5.86. The molecule has 35 heavy (non-hydrogen) atoms. The van der Waals surface area contributed by atoms with Crippen LogP contribution in [-0.2, 0) is 9.53 Å². The third-order valence-electron chi connectivity index (χ3n) is 6.63. The van der Waals surface area contributed by atoms with Gasteiger partial charge in [-0.1, -0.05) is 62.4 Å². The maximum absolute atomic E-state index is 13.2. The summed E-state index contributed by atoms with van der Waals surface area (Å²) < 4.78 is 5.65. The Hall–Kier alpha value is -4.27. The quantitative estimate of drug-likeness (QED) is 0.408. The van der Waals surface area contributed by atoms with Crippen LogP contribution in [-0.4, -0.2) is 44.3 Å². The van der Waals surface area contributed by atoms with Gasteiger partial charge in [0.2, 0.25) is 5.65 Å². The van der Waals surface area contributed by atoms with Crippen molar-refractivity contribution in [1.82, 2.24) is 25.5 Å². The molecule has 4 aromatic rings. The number of rotatable bonds is 7. The first kappa shape index (κ1) is 22.5. The molecule has 5 rings (SSSR count). The zero-order valence-electron chi connectivity index (χ0n) is 19.5. The molecule has 1 aliphatic carbocycles. The maximum atomic E-state index is 13.2. The third kappa shape index (κ3) is 3.99. The van der Waals surface area contributed by atoms with Gasteiger partial charge in [-0.2, -0.15) is 0 Å². The number of ether oxygens (including phenoxy) is 1. The molecule has 2 heterocycles. The highest BCUT2D eigenvalue weighted by atomic mass is 16.7. The first-order chi connectivity index (χ1) is 17.1. The zero-order chi connectivity index (χ0) is 24.4. The molecule has 9 heteroatoms. The number of aromatic nitrogens is 4. The van der Waals surface area contributed by atoms with Crippen LogP contribution in [0.15, 0.2) is 66.9 Å². The monoisotopic (exact) mass is 471 g/mol. The number of hydrogen-bond donors (Lipinski definition) is 1. The lowest BCUT2D eigenvalue weighted by atomic mass is 9.93. The van der Waals surface area contributed by atoms with Gasteiger partial charge < -0.3 is 14.9 Å². The molecule has 0 atom stereocenters. The molecule has 2 aromatic heterocycles. The molecule has 0 unspecified atom stereocenters. The van der Waals surface area contributed by atoms with Crippen molar-refractivity contribution in [3.63, 3.8) is 0 Å². The normalized spacial score (nSPS) is 12.7. The van der Waals surface area contributed by atoms with E-state index in [1.165, 1.54) is 0 Å². The fourth-order valence-corrected chi connectivity index (χ4v) is 4.57. The molecule has 1 aliphatic rings. The van der Waals surface area contributed by atoms with E-state index in [-0.39, 0.29) is 12.5 Å². The van der Waals surface area contributed by atoms with Crippen LogP contribution >= 0.6 is 0 Å². The summed E-state index contributed by atoms with van der Waals surface area (Å²) in [4.78, 5) is 36.6. The standard InChI is InChI=1S/C26H25N5O4/c1-3-26(4-2,24(32)35-31-23-22(29-30-31)14-9-15-27-23)28-25(33)34-16-21-19-12-7-5-10-17(19)18-11-6-8-13-20(18)21/h5-15,21H,3-4,16H2,1-2H3,(H,28,33). The smallest absolute Gasteiger partial charge is 0.408 e. The van der Waals surface area contributed by atoms with Gasteiger partial charge in [0.15, 0.2) is 0 Å². The van der Waals surface area contributed by atoms with E-state index in [0.717, 1.165) is 27.1 Å². The van der Waals surface area contributed by atoms with E-state index < -0.39 is 17.6 Å². The predicted octanol–water partition coefficient (Wildman–Crippen LogP) is 3.88. The molecule has 0 fully saturated rings. The van der Waals surface area contributed by atoms with Gasteiger partial charge in [0.25, 0.3) is 0 Å². The summed E-state index contributed by atoms with van der Waals surface area (Å²) in [5, 5.41) is 10.5. The molecule has 0 bridgehead atoms. The van der Waals surface area contributed by atoms with Gasteiger partial charge in [0, 0.05) is 12.1 Å². The summed E-state index contributed by atoms with van der Waals surface area (Å²) in [6, 6.07) is 19.6. The van der Waals surface area contributed by atoms with Crippen LogP contribution in [0, 0.1) is 0 Å². The summed E-state index contributed by atoms with van der Waals surface area (Å²) in [5.74, 6) is -0.751. The molecule has 178 valence electrons. The molecular formula is C26H25N5O4. The Kier molecular flexibility index (Phi) is 5.90. The van der Waals surface area contributed by atoms with E-state index in [2.05, 4.69) is 44.9 Å². The Labute approximate surface area is 202 Å². The largest absolute Gasteiger partial charge is 0.449 e. The number of carbonyl (C=O) groups is 2. The minimum atomic E-state index is -1.30. The van der Waals surface area contributed by atoms with Gasteiger partial charge in [-0.15, -0.1) is 5.10 Å².